The molecule has 0 saturated carbocycles. The van der Waals surface area contributed by atoms with Gasteiger partial charge in [-0.15, -0.1) is 0 Å². The van der Waals surface area contributed by atoms with Gasteiger partial charge in [-0.2, -0.15) is 0 Å². The fraction of sp³-hybridized carbons (Fsp3) is 0.238. The predicted molar refractivity (Wildman–Crippen MR) is 101 cm³/mol. The highest BCUT2D eigenvalue weighted by atomic mass is 16.5. The van der Waals surface area contributed by atoms with E-state index in [-0.39, 0.29) is 18.8 Å². The first kappa shape index (κ1) is 20.2. The van der Waals surface area contributed by atoms with Crippen molar-refractivity contribution in [2.24, 2.45) is 0 Å². The van der Waals surface area contributed by atoms with Gasteiger partial charge < -0.3 is 19.7 Å². The molecule has 1 unspecified atom stereocenters. The second-order valence-electron chi connectivity index (χ2n) is 5.94. The highest BCUT2D eigenvalue weighted by Gasteiger charge is 2.20. The molecule has 0 aliphatic rings. The van der Waals surface area contributed by atoms with Crippen molar-refractivity contribution < 1.29 is 29.3 Å². The highest BCUT2D eigenvalue weighted by Crippen LogP contribution is 2.35. The number of aliphatic hydroxyl groups excluding tert-OH is 1. The number of Topliss-reactive ketones (excluding diaryl/α,β-unsaturated/α-hetero) is 1. The lowest BCUT2D eigenvalue weighted by Gasteiger charge is -2.19. The predicted octanol–water partition coefficient (Wildman–Crippen LogP) is 2.86. The maximum Gasteiger partial charge on any atom is 0.328 e. The van der Waals surface area contributed by atoms with Crippen LogP contribution in [0.5, 0.6) is 11.5 Å². The third-order valence-corrected chi connectivity index (χ3v) is 3.97. The molecule has 2 aromatic carbocycles. The summed E-state index contributed by atoms with van der Waals surface area (Å²) in [5, 5.41) is 19.0. The molecule has 0 saturated heterocycles. The normalized spacial score (nSPS) is 12.0. The van der Waals surface area contributed by atoms with E-state index in [1.807, 2.05) is 30.3 Å². The number of benzene rings is 2. The number of ketones is 1. The van der Waals surface area contributed by atoms with E-state index in [0.29, 0.717) is 22.6 Å². The van der Waals surface area contributed by atoms with Gasteiger partial charge in [-0.1, -0.05) is 30.3 Å². The highest BCUT2D eigenvalue weighted by molar-refractivity contribution is 5.86. The van der Waals surface area contributed by atoms with E-state index < -0.39 is 12.1 Å². The molecule has 2 aromatic rings. The van der Waals surface area contributed by atoms with E-state index in [1.165, 1.54) is 20.1 Å². The number of rotatable bonds is 9. The molecule has 142 valence electrons. The van der Waals surface area contributed by atoms with E-state index in [9.17, 15) is 14.7 Å². The Hall–Kier alpha value is -3.12. The SMILES string of the molecule is COc1ccc(/C=C\C(=O)O)c(OCc2ccccc2)c1CC(O)C(C)=O. The van der Waals surface area contributed by atoms with Crippen molar-refractivity contribution in [2.45, 2.75) is 26.1 Å². The first-order valence-corrected chi connectivity index (χ1v) is 8.38. The molecule has 2 N–H and O–H groups in total. The van der Waals surface area contributed by atoms with Crippen LogP contribution in [-0.2, 0) is 22.6 Å². The van der Waals surface area contributed by atoms with Gasteiger partial charge in [-0.05, 0) is 30.7 Å². The lowest BCUT2D eigenvalue weighted by molar-refractivity contribution is -0.131. The molecule has 0 radical (unpaired) electrons. The van der Waals surface area contributed by atoms with Crippen LogP contribution in [0.2, 0.25) is 0 Å². The molecule has 0 spiro atoms. The van der Waals surface area contributed by atoms with Gasteiger partial charge in [0.2, 0.25) is 0 Å². The minimum atomic E-state index is -1.21. The first-order chi connectivity index (χ1) is 12.9. The van der Waals surface area contributed by atoms with Crippen LogP contribution < -0.4 is 9.47 Å². The van der Waals surface area contributed by atoms with Crippen LogP contribution in [0, 0.1) is 0 Å². The summed E-state index contributed by atoms with van der Waals surface area (Å²) in [6.45, 7) is 1.54. The Bertz CT molecular complexity index is 826. The first-order valence-electron chi connectivity index (χ1n) is 8.38. The summed E-state index contributed by atoms with van der Waals surface area (Å²) in [6.07, 6.45) is 1.20. The summed E-state index contributed by atoms with van der Waals surface area (Å²) in [5.41, 5.74) is 1.94. The topological polar surface area (TPSA) is 93.1 Å². The van der Waals surface area contributed by atoms with E-state index in [0.717, 1.165) is 11.6 Å². The molecule has 0 aliphatic carbocycles. The molecule has 2 rings (SSSR count). The minimum Gasteiger partial charge on any atom is -0.496 e. The number of carboxylic acids is 1. The summed E-state index contributed by atoms with van der Waals surface area (Å²) in [7, 11) is 1.48. The van der Waals surface area contributed by atoms with Crippen molar-refractivity contribution in [1.82, 2.24) is 0 Å². The number of ether oxygens (including phenoxy) is 2. The fourth-order valence-corrected chi connectivity index (χ4v) is 2.54. The number of carbonyl (C=O) groups excluding carboxylic acids is 1. The zero-order valence-corrected chi connectivity index (χ0v) is 15.2. The Kier molecular flexibility index (Phi) is 7.14. The Labute approximate surface area is 157 Å². The average Bonchev–Trinajstić information content (AvgIpc) is 2.66. The molecule has 6 heteroatoms. The quantitative estimate of drug-likeness (QED) is 0.660. The van der Waals surface area contributed by atoms with Crippen LogP contribution in [0.1, 0.15) is 23.6 Å². The zero-order chi connectivity index (χ0) is 19.8. The monoisotopic (exact) mass is 370 g/mol. The lowest BCUT2D eigenvalue weighted by atomic mass is 9.99. The second kappa shape index (κ2) is 9.54. The van der Waals surface area contributed by atoms with Gasteiger partial charge in [-0.25, -0.2) is 4.79 Å². The minimum absolute atomic E-state index is 0.00260. The molecule has 6 nitrogen and oxygen atoms in total. The van der Waals surface area contributed by atoms with Gasteiger partial charge in [0, 0.05) is 23.6 Å². The van der Waals surface area contributed by atoms with Crippen LogP contribution >= 0.6 is 0 Å². The van der Waals surface area contributed by atoms with E-state index >= 15 is 0 Å². The Morgan fingerprint density at radius 2 is 1.85 bits per heavy atom. The standard InChI is InChI=1S/C21H22O6/c1-14(22)18(23)12-17-19(26-2)10-8-16(9-11-20(24)25)21(17)27-13-15-6-4-3-5-7-15/h3-11,18,23H,12-13H2,1-2H3,(H,24,25)/b11-9-. The Balaban J connectivity index is 2.47. The summed E-state index contributed by atoms with van der Waals surface area (Å²) in [5.74, 6) is -0.649. The number of methoxy groups -OCH3 is 1. The van der Waals surface area contributed by atoms with Crippen LogP contribution in [0.15, 0.2) is 48.5 Å². The molecular formula is C21H22O6. The van der Waals surface area contributed by atoms with Crippen molar-refractivity contribution in [1.29, 1.82) is 0 Å². The molecule has 0 bridgehead atoms. The van der Waals surface area contributed by atoms with Gasteiger partial charge in [0.15, 0.2) is 5.78 Å². The Morgan fingerprint density at radius 1 is 1.15 bits per heavy atom. The molecule has 27 heavy (non-hydrogen) atoms. The molecule has 0 aliphatic heterocycles. The van der Waals surface area contributed by atoms with Crippen molar-refractivity contribution in [3.05, 3.63) is 65.2 Å². The lowest BCUT2D eigenvalue weighted by Crippen LogP contribution is -2.20. The average molecular weight is 370 g/mol. The number of carbonyl (C=O) groups is 2. The van der Waals surface area contributed by atoms with Crippen molar-refractivity contribution in [3.8, 4) is 11.5 Å². The maximum atomic E-state index is 11.5. The summed E-state index contributed by atoms with van der Waals surface area (Å²) in [6, 6.07) is 12.8. The van der Waals surface area contributed by atoms with Gasteiger partial charge >= 0.3 is 5.97 Å². The van der Waals surface area contributed by atoms with Crippen molar-refractivity contribution >= 4 is 17.8 Å². The van der Waals surface area contributed by atoms with Crippen LogP contribution in [0.3, 0.4) is 0 Å². The molecular weight excluding hydrogens is 348 g/mol. The number of hydrogen-bond donors (Lipinski definition) is 2. The molecule has 0 fully saturated rings. The second-order valence-corrected chi connectivity index (χ2v) is 5.94. The summed E-state index contributed by atoms with van der Waals surface area (Å²) < 4.78 is 11.3. The molecule has 0 amide bonds. The third kappa shape index (κ3) is 5.69. The zero-order valence-electron chi connectivity index (χ0n) is 15.2. The summed E-state index contributed by atoms with van der Waals surface area (Å²) in [4.78, 5) is 22.4. The molecule has 0 aromatic heterocycles. The summed E-state index contributed by atoms with van der Waals surface area (Å²) >= 11 is 0. The maximum absolute atomic E-state index is 11.5. The van der Waals surface area contributed by atoms with Crippen molar-refractivity contribution in [2.75, 3.05) is 7.11 Å². The number of aliphatic hydroxyl groups is 1. The number of hydrogen-bond acceptors (Lipinski definition) is 5. The number of carboxylic acid groups (broad SMARTS) is 1. The van der Waals surface area contributed by atoms with E-state index in [1.54, 1.807) is 12.1 Å². The van der Waals surface area contributed by atoms with Gasteiger partial charge in [0.1, 0.15) is 24.2 Å². The van der Waals surface area contributed by atoms with Crippen LogP contribution in [0.4, 0.5) is 0 Å². The number of aliphatic carboxylic acids is 1. The van der Waals surface area contributed by atoms with E-state index in [2.05, 4.69) is 0 Å². The van der Waals surface area contributed by atoms with Crippen LogP contribution in [0.25, 0.3) is 6.08 Å². The van der Waals surface area contributed by atoms with Gasteiger partial charge in [-0.3, -0.25) is 4.79 Å². The van der Waals surface area contributed by atoms with E-state index in [4.69, 9.17) is 14.6 Å². The van der Waals surface area contributed by atoms with Gasteiger partial charge in [0.25, 0.3) is 0 Å². The largest absolute Gasteiger partial charge is 0.496 e. The van der Waals surface area contributed by atoms with Crippen LogP contribution in [-0.4, -0.2) is 35.2 Å². The van der Waals surface area contributed by atoms with Crippen molar-refractivity contribution in [3.63, 3.8) is 0 Å². The smallest absolute Gasteiger partial charge is 0.328 e. The molecule has 1 atom stereocenters. The fourth-order valence-electron chi connectivity index (χ4n) is 2.54. The Morgan fingerprint density at radius 3 is 2.44 bits per heavy atom. The van der Waals surface area contributed by atoms with Gasteiger partial charge in [0.05, 0.1) is 7.11 Å². The molecule has 0 heterocycles. The third-order valence-electron chi connectivity index (χ3n) is 3.97.